The Morgan fingerprint density at radius 1 is 1.11 bits per heavy atom. The first-order valence-electron chi connectivity index (χ1n) is 5.99. The van der Waals surface area contributed by atoms with E-state index in [1.165, 1.54) is 0 Å². The van der Waals surface area contributed by atoms with E-state index < -0.39 is 0 Å². The minimum absolute atomic E-state index is 1.09. The normalized spacial score (nSPS) is 13.0. The summed E-state index contributed by atoms with van der Waals surface area (Å²) in [6.07, 6.45) is 13.6. The van der Waals surface area contributed by atoms with Gasteiger partial charge >= 0.3 is 0 Å². The molecule has 2 heteroatoms. The molecule has 0 amide bonds. The largest absolute Gasteiger partial charge is 0.390 e. The monoisotopic (exact) mass is 236 g/mol. The lowest BCUT2D eigenvalue weighted by molar-refractivity contribution is 1.14. The van der Waals surface area contributed by atoms with Gasteiger partial charge in [-0.3, -0.25) is 0 Å². The molecule has 0 bridgehead atoms. The third-order valence-electron chi connectivity index (χ3n) is 2.71. The summed E-state index contributed by atoms with van der Waals surface area (Å²) in [7, 11) is 2.04. The number of aromatic nitrogens is 1. The summed E-state index contributed by atoms with van der Waals surface area (Å²) in [5, 5.41) is 2.21. The van der Waals surface area contributed by atoms with Gasteiger partial charge in [-0.2, -0.15) is 0 Å². The first kappa shape index (κ1) is 14.1. The SMILES string of the molecule is C=C/C=c1/c(C=C)c(/C=C\C)n([B]C)/c1=C/C=C. The maximum atomic E-state index is 3.91. The number of hydrogen-bond acceptors (Lipinski definition) is 0. The maximum absolute atomic E-state index is 3.91. The van der Waals surface area contributed by atoms with Gasteiger partial charge in [-0.1, -0.05) is 56.9 Å². The molecule has 1 rings (SSSR count). The van der Waals surface area contributed by atoms with Gasteiger partial charge in [0.25, 0.3) is 0 Å². The fourth-order valence-electron chi connectivity index (χ4n) is 2.06. The van der Waals surface area contributed by atoms with Crippen LogP contribution in [-0.2, 0) is 0 Å². The van der Waals surface area contributed by atoms with Gasteiger partial charge < -0.3 is 4.48 Å². The Bertz CT molecular complexity index is 600. The van der Waals surface area contributed by atoms with Gasteiger partial charge in [-0.25, -0.2) is 0 Å². The van der Waals surface area contributed by atoms with E-state index in [4.69, 9.17) is 0 Å². The van der Waals surface area contributed by atoms with Crippen molar-refractivity contribution in [3.63, 3.8) is 0 Å². The topological polar surface area (TPSA) is 4.93 Å². The van der Waals surface area contributed by atoms with Crippen LogP contribution in [0, 0.1) is 0 Å². The van der Waals surface area contributed by atoms with Crippen molar-refractivity contribution in [1.29, 1.82) is 0 Å². The average molecular weight is 236 g/mol. The molecule has 0 aliphatic carbocycles. The van der Waals surface area contributed by atoms with E-state index in [0.29, 0.717) is 0 Å². The van der Waals surface area contributed by atoms with E-state index >= 15 is 0 Å². The highest BCUT2D eigenvalue weighted by Gasteiger charge is 2.08. The zero-order valence-corrected chi connectivity index (χ0v) is 11.2. The van der Waals surface area contributed by atoms with E-state index in [1.807, 2.05) is 45.5 Å². The highest BCUT2D eigenvalue weighted by atomic mass is 14.9. The number of rotatable bonds is 5. The standard InChI is InChI=1S/C16H19BN/c1-6-10-14-13(9-4)15(11-7-2)18(17-5)16(14)12-8-3/h6-12H,1,3-4H2,2,5H3/b11-7-,14-10-,16-12+. The van der Waals surface area contributed by atoms with Gasteiger partial charge in [-0.05, 0) is 19.1 Å². The second-order valence-corrected chi connectivity index (χ2v) is 3.73. The van der Waals surface area contributed by atoms with Crippen LogP contribution in [0.4, 0.5) is 0 Å². The number of hydrogen-bond donors (Lipinski definition) is 0. The minimum atomic E-state index is 1.09. The van der Waals surface area contributed by atoms with Gasteiger partial charge in [0.05, 0.1) is 0 Å². The predicted molar refractivity (Wildman–Crippen MR) is 84.8 cm³/mol. The molecular formula is C16H19BN. The lowest BCUT2D eigenvalue weighted by Gasteiger charge is -2.02. The Hall–Kier alpha value is -1.96. The second-order valence-electron chi connectivity index (χ2n) is 3.73. The van der Waals surface area contributed by atoms with Crippen LogP contribution in [0.3, 0.4) is 0 Å². The van der Waals surface area contributed by atoms with Crippen molar-refractivity contribution in [3.05, 3.63) is 59.8 Å². The average Bonchev–Trinajstić information content (AvgIpc) is 2.64. The molecule has 0 atom stereocenters. The Balaban J connectivity index is 3.96. The molecule has 18 heavy (non-hydrogen) atoms. The molecule has 0 unspecified atom stereocenters. The van der Waals surface area contributed by atoms with E-state index in [-0.39, 0.29) is 0 Å². The van der Waals surface area contributed by atoms with Gasteiger partial charge in [0, 0.05) is 21.8 Å². The first-order valence-corrected chi connectivity index (χ1v) is 5.99. The molecule has 0 spiro atoms. The summed E-state index contributed by atoms with van der Waals surface area (Å²) in [6, 6.07) is 0. The summed E-state index contributed by atoms with van der Waals surface area (Å²) in [5.41, 5.74) is 2.23. The molecule has 1 nitrogen and oxygen atoms in total. The molecule has 1 aromatic heterocycles. The molecule has 0 fully saturated rings. The lowest BCUT2D eigenvalue weighted by atomic mass is 9.98. The highest BCUT2D eigenvalue weighted by molar-refractivity contribution is 6.32. The van der Waals surface area contributed by atoms with Crippen molar-refractivity contribution in [2.45, 2.75) is 13.7 Å². The molecule has 0 aliphatic rings. The van der Waals surface area contributed by atoms with Crippen LogP contribution in [0.25, 0.3) is 24.3 Å². The molecule has 91 valence electrons. The summed E-state index contributed by atoms with van der Waals surface area (Å²) in [5.74, 6) is 0. The molecule has 0 N–H and O–H groups in total. The van der Waals surface area contributed by atoms with Crippen LogP contribution < -0.4 is 10.6 Å². The number of nitrogens with zero attached hydrogens (tertiary/aromatic N) is 1. The van der Waals surface area contributed by atoms with Crippen molar-refractivity contribution < 1.29 is 0 Å². The molecule has 0 aromatic carbocycles. The lowest BCUT2D eigenvalue weighted by Crippen LogP contribution is -2.31. The summed E-state index contributed by atoms with van der Waals surface area (Å²) in [4.78, 5) is 0. The number of allylic oxidation sites excluding steroid dienone is 3. The van der Waals surface area contributed by atoms with E-state index in [9.17, 15) is 0 Å². The van der Waals surface area contributed by atoms with E-state index in [1.54, 1.807) is 12.2 Å². The molecule has 1 heterocycles. The summed E-state index contributed by atoms with van der Waals surface area (Å²) in [6.45, 7) is 15.5. The Kier molecular flexibility index (Phi) is 5.25. The molecular weight excluding hydrogens is 217 g/mol. The van der Waals surface area contributed by atoms with Crippen molar-refractivity contribution in [2.24, 2.45) is 0 Å². The zero-order valence-electron chi connectivity index (χ0n) is 11.2. The van der Waals surface area contributed by atoms with Crippen LogP contribution in [0.15, 0.2) is 38.0 Å². The second kappa shape index (κ2) is 6.70. The third-order valence-corrected chi connectivity index (χ3v) is 2.71. The predicted octanol–water partition coefficient (Wildman–Crippen LogP) is 2.61. The van der Waals surface area contributed by atoms with Gasteiger partial charge in [-0.15, -0.1) is 0 Å². The minimum Gasteiger partial charge on any atom is -0.390 e. The van der Waals surface area contributed by atoms with Crippen LogP contribution in [0.2, 0.25) is 6.82 Å². The molecule has 0 saturated carbocycles. The maximum Gasteiger partial charge on any atom is 0.249 e. The smallest absolute Gasteiger partial charge is 0.249 e. The Labute approximate surface area is 110 Å². The van der Waals surface area contributed by atoms with E-state index in [0.717, 1.165) is 21.8 Å². The van der Waals surface area contributed by atoms with E-state index in [2.05, 4.69) is 30.3 Å². The molecule has 1 radical (unpaired) electrons. The van der Waals surface area contributed by atoms with Crippen molar-refractivity contribution in [2.75, 3.05) is 0 Å². The molecule has 0 saturated heterocycles. The Morgan fingerprint density at radius 3 is 2.22 bits per heavy atom. The van der Waals surface area contributed by atoms with Gasteiger partial charge in [0.2, 0.25) is 7.41 Å². The first-order chi connectivity index (χ1) is 8.74. The van der Waals surface area contributed by atoms with Crippen LogP contribution in [-0.4, -0.2) is 11.9 Å². The molecule has 1 aromatic rings. The fourth-order valence-corrected chi connectivity index (χ4v) is 2.06. The molecule has 0 aliphatic heterocycles. The van der Waals surface area contributed by atoms with Crippen LogP contribution in [0.1, 0.15) is 18.2 Å². The summed E-state index contributed by atoms with van der Waals surface area (Å²) >= 11 is 0. The van der Waals surface area contributed by atoms with Crippen molar-refractivity contribution in [1.82, 2.24) is 4.48 Å². The zero-order chi connectivity index (χ0) is 13.5. The van der Waals surface area contributed by atoms with Crippen LogP contribution >= 0.6 is 0 Å². The van der Waals surface area contributed by atoms with Gasteiger partial charge in [0.15, 0.2) is 0 Å². The Morgan fingerprint density at radius 2 is 1.78 bits per heavy atom. The highest BCUT2D eigenvalue weighted by Crippen LogP contribution is 2.07. The third kappa shape index (κ3) is 2.48. The van der Waals surface area contributed by atoms with Gasteiger partial charge in [0.1, 0.15) is 0 Å². The quantitative estimate of drug-likeness (QED) is 0.692. The van der Waals surface area contributed by atoms with Crippen molar-refractivity contribution in [3.8, 4) is 0 Å². The summed E-state index contributed by atoms with van der Waals surface area (Å²) < 4.78 is 2.13. The fraction of sp³-hybridized carbons (Fsp3) is 0.125. The van der Waals surface area contributed by atoms with Crippen molar-refractivity contribution >= 4 is 31.7 Å². The van der Waals surface area contributed by atoms with Crippen LogP contribution in [0.5, 0.6) is 0 Å².